The first-order valence-corrected chi connectivity index (χ1v) is 7.68. The number of nitrogen functional groups attached to an aromatic ring is 1. The van der Waals surface area contributed by atoms with Gasteiger partial charge in [-0.05, 0) is 35.7 Å². The smallest absolute Gasteiger partial charge is 0.276 e. The van der Waals surface area contributed by atoms with Crippen LogP contribution in [-0.4, -0.2) is 20.9 Å². The molecule has 0 aliphatic rings. The Hall–Kier alpha value is -2.38. The lowest BCUT2D eigenvalue weighted by Gasteiger charge is -2.04. The molecule has 0 fully saturated rings. The highest BCUT2D eigenvalue weighted by Gasteiger charge is 2.18. The van der Waals surface area contributed by atoms with Gasteiger partial charge in [0.2, 0.25) is 0 Å². The number of rotatable bonds is 4. The number of carbonyl (C=O) groups excluding carboxylic acids is 1. The van der Waals surface area contributed by atoms with Gasteiger partial charge in [0, 0.05) is 9.90 Å². The minimum Gasteiger partial charge on any atom is -0.382 e. The topological polar surface area (TPSA) is 85.8 Å². The van der Waals surface area contributed by atoms with Gasteiger partial charge in [-0.2, -0.15) is 4.68 Å². The summed E-state index contributed by atoms with van der Waals surface area (Å²) in [5.74, 6) is -0.169. The van der Waals surface area contributed by atoms with Crippen molar-refractivity contribution in [2.45, 2.75) is 6.54 Å². The number of nitrogens with zero attached hydrogens (tertiary/aromatic N) is 3. The fourth-order valence-corrected chi connectivity index (χ4v) is 2.66. The molecule has 6 nitrogen and oxygen atoms in total. The fraction of sp³-hybridized carbons (Fsp3) is 0.0714. The zero-order valence-electron chi connectivity index (χ0n) is 11.4. The summed E-state index contributed by atoms with van der Waals surface area (Å²) in [4.78, 5) is 13.2. The van der Waals surface area contributed by atoms with Crippen LogP contribution in [-0.2, 0) is 6.54 Å². The lowest BCUT2D eigenvalue weighted by molar-refractivity contribution is 0.0947. The Kier molecular flexibility index (Phi) is 4.08. The van der Waals surface area contributed by atoms with Crippen LogP contribution < -0.4 is 11.1 Å². The second-order valence-corrected chi connectivity index (χ2v) is 5.94. The lowest BCUT2D eigenvalue weighted by atomic mass is 10.3. The highest BCUT2D eigenvalue weighted by Crippen LogP contribution is 2.17. The number of anilines is 1. The van der Waals surface area contributed by atoms with E-state index in [9.17, 15) is 4.79 Å². The van der Waals surface area contributed by atoms with E-state index in [1.165, 1.54) is 4.68 Å². The van der Waals surface area contributed by atoms with Gasteiger partial charge in [-0.1, -0.05) is 22.9 Å². The predicted octanol–water partition coefficient (Wildman–Crippen LogP) is 2.49. The van der Waals surface area contributed by atoms with Crippen molar-refractivity contribution >= 4 is 34.7 Å². The first kappa shape index (κ1) is 14.6. The standard InChI is InChI=1S/C14H12ClN5OS/c15-9-3-5-10(6-4-9)20-13(16)12(18-19-20)14(21)17-8-11-2-1-7-22-11/h1-7H,8,16H2,(H,17,21). The van der Waals surface area contributed by atoms with Crippen molar-refractivity contribution in [2.75, 3.05) is 5.73 Å². The highest BCUT2D eigenvalue weighted by atomic mass is 35.5. The molecule has 3 aromatic rings. The number of benzene rings is 1. The molecular formula is C14H12ClN5OS. The van der Waals surface area contributed by atoms with Crippen molar-refractivity contribution in [1.29, 1.82) is 0 Å². The van der Waals surface area contributed by atoms with Crippen LogP contribution in [0.2, 0.25) is 5.02 Å². The Balaban J connectivity index is 1.77. The molecule has 0 bridgehead atoms. The zero-order valence-corrected chi connectivity index (χ0v) is 12.9. The average molecular weight is 334 g/mol. The van der Waals surface area contributed by atoms with Gasteiger partial charge in [0.05, 0.1) is 12.2 Å². The van der Waals surface area contributed by atoms with Crippen molar-refractivity contribution in [3.05, 3.63) is 57.4 Å². The monoisotopic (exact) mass is 333 g/mol. The predicted molar refractivity (Wildman–Crippen MR) is 86.3 cm³/mol. The van der Waals surface area contributed by atoms with Gasteiger partial charge < -0.3 is 11.1 Å². The Labute approximate surface area is 135 Å². The fourth-order valence-electron chi connectivity index (χ4n) is 1.89. The number of nitrogens with two attached hydrogens (primary N) is 1. The van der Waals surface area contributed by atoms with Crippen LogP contribution in [0.5, 0.6) is 0 Å². The number of carbonyl (C=O) groups is 1. The SMILES string of the molecule is Nc1c(C(=O)NCc2cccs2)nnn1-c1ccc(Cl)cc1. The van der Waals surface area contributed by atoms with Crippen LogP contribution in [0, 0.1) is 0 Å². The van der Waals surface area contributed by atoms with Gasteiger partial charge in [-0.3, -0.25) is 4.79 Å². The Morgan fingerprint density at radius 2 is 2.09 bits per heavy atom. The Morgan fingerprint density at radius 1 is 1.32 bits per heavy atom. The molecule has 1 amide bonds. The molecule has 3 N–H and O–H groups in total. The second-order valence-electron chi connectivity index (χ2n) is 4.47. The van der Waals surface area contributed by atoms with E-state index in [2.05, 4.69) is 15.6 Å². The van der Waals surface area contributed by atoms with Crippen molar-refractivity contribution < 1.29 is 4.79 Å². The molecule has 0 spiro atoms. The van der Waals surface area contributed by atoms with E-state index in [-0.39, 0.29) is 17.4 Å². The molecule has 2 aromatic heterocycles. The lowest BCUT2D eigenvalue weighted by Crippen LogP contribution is -2.23. The first-order valence-electron chi connectivity index (χ1n) is 6.43. The van der Waals surface area contributed by atoms with Crippen LogP contribution in [0.1, 0.15) is 15.4 Å². The van der Waals surface area contributed by atoms with E-state index < -0.39 is 0 Å². The van der Waals surface area contributed by atoms with Gasteiger partial charge in [0.1, 0.15) is 0 Å². The molecule has 1 aromatic carbocycles. The normalized spacial score (nSPS) is 10.6. The number of thiophene rings is 1. The molecule has 2 heterocycles. The van der Waals surface area contributed by atoms with Crippen molar-refractivity contribution in [2.24, 2.45) is 0 Å². The van der Waals surface area contributed by atoms with Gasteiger partial charge in [0.15, 0.2) is 11.5 Å². The number of amides is 1. The molecule has 3 rings (SSSR count). The van der Waals surface area contributed by atoms with Crippen LogP contribution >= 0.6 is 22.9 Å². The number of halogens is 1. The maximum absolute atomic E-state index is 12.1. The van der Waals surface area contributed by atoms with Crippen LogP contribution in [0.3, 0.4) is 0 Å². The molecular weight excluding hydrogens is 322 g/mol. The zero-order chi connectivity index (χ0) is 15.5. The minimum absolute atomic E-state index is 0.103. The van der Waals surface area contributed by atoms with Gasteiger partial charge in [-0.15, -0.1) is 16.4 Å². The summed E-state index contributed by atoms with van der Waals surface area (Å²) in [6.45, 7) is 0.434. The third-order valence-electron chi connectivity index (χ3n) is 2.99. The van der Waals surface area contributed by atoms with E-state index >= 15 is 0 Å². The number of hydrogen-bond acceptors (Lipinski definition) is 5. The van der Waals surface area contributed by atoms with E-state index in [1.54, 1.807) is 35.6 Å². The van der Waals surface area contributed by atoms with E-state index in [0.29, 0.717) is 17.3 Å². The largest absolute Gasteiger partial charge is 0.382 e. The molecule has 0 aliphatic carbocycles. The van der Waals surface area contributed by atoms with E-state index in [4.69, 9.17) is 17.3 Å². The van der Waals surface area contributed by atoms with E-state index in [1.807, 2.05) is 17.5 Å². The van der Waals surface area contributed by atoms with Gasteiger partial charge >= 0.3 is 0 Å². The summed E-state index contributed by atoms with van der Waals surface area (Å²) in [5.41, 5.74) is 6.76. The summed E-state index contributed by atoms with van der Waals surface area (Å²) in [5, 5.41) is 13.1. The van der Waals surface area contributed by atoms with Crippen molar-refractivity contribution in [3.8, 4) is 5.69 Å². The third-order valence-corrected chi connectivity index (χ3v) is 4.12. The number of aromatic nitrogens is 3. The average Bonchev–Trinajstić information content (AvgIpc) is 3.15. The molecule has 8 heteroatoms. The third kappa shape index (κ3) is 2.95. The molecule has 0 aliphatic heterocycles. The van der Waals surface area contributed by atoms with Gasteiger partial charge in [0.25, 0.3) is 5.91 Å². The van der Waals surface area contributed by atoms with Gasteiger partial charge in [-0.25, -0.2) is 0 Å². The maximum Gasteiger partial charge on any atom is 0.276 e. The van der Waals surface area contributed by atoms with Crippen molar-refractivity contribution in [1.82, 2.24) is 20.3 Å². The summed E-state index contributed by atoms with van der Waals surface area (Å²) >= 11 is 7.41. The summed E-state index contributed by atoms with van der Waals surface area (Å²) < 4.78 is 1.40. The van der Waals surface area contributed by atoms with Crippen molar-refractivity contribution in [3.63, 3.8) is 0 Å². The van der Waals surface area contributed by atoms with Crippen LogP contribution in [0.15, 0.2) is 41.8 Å². The van der Waals surface area contributed by atoms with Crippen LogP contribution in [0.4, 0.5) is 5.82 Å². The number of hydrogen-bond donors (Lipinski definition) is 2. The first-order chi connectivity index (χ1) is 10.6. The van der Waals surface area contributed by atoms with E-state index in [0.717, 1.165) is 4.88 Å². The molecule has 0 saturated heterocycles. The molecule has 0 saturated carbocycles. The Bertz CT molecular complexity index is 782. The molecule has 0 unspecified atom stereocenters. The molecule has 22 heavy (non-hydrogen) atoms. The summed E-state index contributed by atoms with van der Waals surface area (Å²) in [6.07, 6.45) is 0. The molecule has 112 valence electrons. The molecule has 0 atom stereocenters. The highest BCUT2D eigenvalue weighted by molar-refractivity contribution is 7.09. The Morgan fingerprint density at radius 3 is 2.77 bits per heavy atom. The molecule has 0 radical (unpaired) electrons. The second kappa shape index (κ2) is 6.17. The van der Waals surface area contributed by atoms with Crippen LogP contribution in [0.25, 0.3) is 5.69 Å². The maximum atomic E-state index is 12.1. The number of nitrogens with one attached hydrogen (secondary N) is 1. The minimum atomic E-state index is -0.355. The summed E-state index contributed by atoms with van der Waals surface area (Å²) in [6, 6.07) is 10.8. The quantitative estimate of drug-likeness (QED) is 0.768. The summed E-state index contributed by atoms with van der Waals surface area (Å²) in [7, 11) is 0.